The molecule has 5 nitrogen and oxygen atoms in total. The number of amides is 1. The molecule has 114 valence electrons. The Hall–Kier alpha value is -1.36. The van der Waals surface area contributed by atoms with Crippen LogP contribution in [0.15, 0.2) is 6.20 Å². The molecule has 1 amide bonds. The molecule has 1 heterocycles. The second-order valence-corrected chi connectivity index (χ2v) is 6.76. The van der Waals surface area contributed by atoms with E-state index < -0.39 is 0 Å². The van der Waals surface area contributed by atoms with E-state index in [4.69, 9.17) is 5.73 Å². The first-order chi connectivity index (χ1) is 9.16. The van der Waals surface area contributed by atoms with Crippen molar-refractivity contribution in [1.29, 1.82) is 0 Å². The van der Waals surface area contributed by atoms with Gasteiger partial charge in [-0.15, -0.1) is 0 Å². The predicted octanol–water partition coefficient (Wildman–Crippen LogP) is 2.05. The molecule has 1 atom stereocenters. The standard InChI is InChI=1S/C15H28N4O/c1-10(2)7-12(8-16)18-14(20)13-9-17-19(11(13)3)15(4,5)6/h9-10,12H,7-8,16H2,1-6H3,(H,18,20). The Labute approximate surface area is 121 Å². The van der Waals surface area contributed by atoms with Crippen LogP contribution in [0.2, 0.25) is 0 Å². The Kier molecular flexibility index (Phi) is 5.34. The summed E-state index contributed by atoms with van der Waals surface area (Å²) in [5.41, 5.74) is 7.10. The van der Waals surface area contributed by atoms with E-state index >= 15 is 0 Å². The molecular formula is C15H28N4O. The monoisotopic (exact) mass is 280 g/mol. The second-order valence-electron chi connectivity index (χ2n) is 6.76. The van der Waals surface area contributed by atoms with Crippen LogP contribution in [0.4, 0.5) is 0 Å². The van der Waals surface area contributed by atoms with Crippen LogP contribution in [-0.2, 0) is 5.54 Å². The molecule has 0 bridgehead atoms. The molecular weight excluding hydrogens is 252 g/mol. The van der Waals surface area contributed by atoms with Gasteiger partial charge >= 0.3 is 0 Å². The van der Waals surface area contributed by atoms with Gasteiger partial charge in [-0.3, -0.25) is 9.48 Å². The highest BCUT2D eigenvalue weighted by molar-refractivity contribution is 5.95. The minimum Gasteiger partial charge on any atom is -0.348 e. The molecule has 0 aliphatic heterocycles. The lowest BCUT2D eigenvalue weighted by molar-refractivity contribution is 0.0933. The maximum atomic E-state index is 12.3. The third kappa shape index (κ3) is 4.07. The fourth-order valence-electron chi connectivity index (χ4n) is 2.36. The van der Waals surface area contributed by atoms with Gasteiger partial charge in [0.2, 0.25) is 0 Å². The lowest BCUT2D eigenvalue weighted by atomic mass is 10.0. The molecule has 1 aromatic heterocycles. The van der Waals surface area contributed by atoms with Gasteiger partial charge in [0.15, 0.2) is 0 Å². The molecule has 5 heteroatoms. The highest BCUT2D eigenvalue weighted by Crippen LogP contribution is 2.18. The Morgan fingerprint density at radius 3 is 2.45 bits per heavy atom. The maximum Gasteiger partial charge on any atom is 0.255 e. The molecule has 0 aromatic carbocycles. The van der Waals surface area contributed by atoms with Crippen molar-refractivity contribution in [2.75, 3.05) is 6.54 Å². The van der Waals surface area contributed by atoms with E-state index in [0.29, 0.717) is 18.0 Å². The fourth-order valence-corrected chi connectivity index (χ4v) is 2.36. The number of carbonyl (C=O) groups excluding carboxylic acids is 1. The average molecular weight is 280 g/mol. The lowest BCUT2D eigenvalue weighted by Gasteiger charge is -2.22. The number of carbonyl (C=O) groups is 1. The quantitative estimate of drug-likeness (QED) is 0.867. The van der Waals surface area contributed by atoms with Crippen molar-refractivity contribution in [2.24, 2.45) is 11.7 Å². The second kappa shape index (κ2) is 6.39. The third-order valence-electron chi connectivity index (χ3n) is 3.27. The first-order valence-corrected chi connectivity index (χ1v) is 7.22. The van der Waals surface area contributed by atoms with Crippen LogP contribution < -0.4 is 11.1 Å². The first-order valence-electron chi connectivity index (χ1n) is 7.22. The zero-order valence-corrected chi connectivity index (χ0v) is 13.5. The van der Waals surface area contributed by atoms with Gasteiger partial charge in [-0.2, -0.15) is 5.10 Å². The summed E-state index contributed by atoms with van der Waals surface area (Å²) in [6, 6.07) is 0.0138. The Morgan fingerprint density at radius 1 is 1.45 bits per heavy atom. The Balaban J connectivity index is 2.85. The van der Waals surface area contributed by atoms with E-state index in [1.807, 2.05) is 11.6 Å². The number of rotatable bonds is 5. The Bertz CT molecular complexity index is 457. The van der Waals surface area contributed by atoms with Crippen LogP contribution in [0.3, 0.4) is 0 Å². The normalized spacial score (nSPS) is 13.6. The smallest absolute Gasteiger partial charge is 0.255 e. The minimum absolute atomic E-state index is 0.0138. The fraction of sp³-hybridized carbons (Fsp3) is 0.733. The van der Waals surface area contributed by atoms with E-state index in [0.717, 1.165) is 12.1 Å². The van der Waals surface area contributed by atoms with Gasteiger partial charge in [0.05, 0.1) is 17.3 Å². The predicted molar refractivity (Wildman–Crippen MR) is 81.7 cm³/mol. The average Bonchev–Trinajstić information content (AvgIpc) is 2.69. The van der Waals surface area contributed by atoms with Crippen molar-refractivity contribution in [2.45, 2.75) is 59.5 Å². The van der Waals surface area contributed by atoms with E-state index in [-0.39, 0.29) is 17.5 Å². The summed E-state index contributed by atoms with van der Waals surface area (Å²) in [7, 11) is 0. The molecule has 1 rings (SSSR count). The van der Waals surface area contributed by atoms with E-state index in [9.17, 15) is 4.79 Å². The van der Waals surface area contributed by atoms with Gasteiger partial charge in [-0.05, 0) is 40.0 Å². The highest BCUT2D eigenvalue weighted by Gasteiger charge is 2.22. The topological polar surface area (TPSA) is 72.9 Å². The molecule has 3 N–H and O–H groups in total. The summed E-state index contributed by atoms with van der Waals surface area (Å²) >= 11 is 0. The number of nitrogens with two attached hydrogens (primary N) is 1. The van der Waals surface area contributed by atoms with Gasteiger partial charge < -0.3 is 11.1 Å². The van der Waals surface area contributed by atoms with Crippen LogP contribution in [0.1, 0.15) is 57.1 Å². The minimum atomic E-state index is -0.131. The molecule has 0 fully saturated rings. The molecule has 0 spiro atoms. The molecule has 0 radical (unpaired) electrons. The van der Waals surface area contributed by atoms with Gasteiger partial charge in [0.25, 0.3) is 5.91 Å². The van der Waals surface area contributed by atoms with Crippen molar-refractivity contribution in [3.8, 4) is 0 Å². The van der Waals surface area contributed by atoms with E-state index in [1.165, 1.54) is 0 Å². The summed E-state index contributed by atoms with van der Waals surface area (Å²) in [6.45, 7) is 12.8. The van der Waals surface area contributed by atoms with Crippen molar-refractivity contribution >= 4 is 5.91 Å². The van der Waals surface area contributed by atoms with Gasteiger partial charge in [-0.25, -0.2) is 0 Å². The van der Waals surface area contributed by atoms with Crippen molar-refractivity contribution in [1.82, 2.24) is 15.1 Å². The van der Waals surface area contributed by atoms with Gasteiger partial charge in [0.1, 0.15) is 0 Å². The SMILES string of the molecule is Cc1c(C(=O)NC(CN)CC(C)C)cnn1C(C)(C)C. The summed E-state index contributed by atoms with van der Waals surface area (Å²) < 4.78 is 1.88. The van der Waals surface area contributed by atoms with Gasteiger partial charge in [0, 0.05) is 18.3 Å². The van der Waals surface area contributed by atoms with Crippen molar-refractivity contribution < 1.29 is 4.79 Å². The molecule has 0 aliphatic carbocycles. The lowest BCUT2D eigenvalue weighted by Crippen LogP contribution is -2.41. The number of nitrogens with zero attached hydrogens (tertiary/aromatic N) is 2. The first kappa shape index (κ1) is 16.7. The summed E-state index contributed by atoms with van der Waals surface area (Å²) in [6.07, 6.45) is 2.52. The number of aromatic nitrogens is 2. The van der Waals surface area contributed by atoms with Crippen LogP contribution >= 0.6 is 0 Å². The molecule has 1 aromatic rings. The summed E-state index contributed by atoms with van der Waals surface area (Å²) in [4.78, 5) is 12.3. The van der Waals surface area contributed by atoms with Crippen molar-refractivity contribution in [3.63, 3.8) is 0 Å². The van der Waals surface area contributed by atoms with Crippen LogP contribution in [0.5, 0.6) is 0 Å². The summed E-state index contributed by atoms with van der Waals surface area (Å²) in [5, 5.41) is 7.33. The largest absolute Gasteiger partial charge is 0.348 e. The zero-order chi connectivity index (χ0) is 15.5. The van der Waals surface area contributed by atoms with Crippen LogP contribution in [0, 0.1) is 12.8 Å². The third-order valence-corrected chi connectivity index (χ3v) is 3.27. The van der Waals surface area contributed by atoms with Gasteiger partial charge in [-0.1, -0.05) is 13.8 Å². The number of nitrogens with one attached hydrogen (secondary N) is 1. The summed E-state index contributed by atoms with van der Waals surface area (Å²) in [5.74, 6) is 0.413. The number of hydrogen-bond acceptors (Lipinski definition) is 3. The van der Waals surface area contributed by atoms with Crippen molar-refractivity contribution in [3.05, 3.63) is 17.5 Å². The zero-order valence-electron chi connectivity index (χ0n) is 13.5. The number of hydrogen-bond donors (Lipinski definition) is 2. The Morgan fingerprint density at radius 2 is 2.05 bits per heavy atom. The van der Waals surface area contributed by atoms with E-state index in [1.54, 1.807) is 6.20 Å². The molecule has 0 saturated carbocycles. The highest BCUT2D eigenvalue weighted by atomic mass is 16.1. The molecule has 0 saturated heterocycles. The maximum absolute atomic E-state index is 12.3. The van der Waals surface area contributed by atoms with Crippen LogP contribution in [0.25, 0.3) is 0 Å². The van der Waals surface area contributed by atoms with Crippen LogP contribution in [-0.4, -0.2) is 28.3 Å². The molecule has 1 unspecified atom stereocenters. The van der Waals surface area contributed by atoms with E-state index in [2.05, 4.69) is 45.0 Å². The molecule has 20 heavy (non-hydrogen) atoms. The molecule has 0 aliphatic rings.